The zero-order valence-electron chi connectivity index (χ0n) is 15.0. The predicted octanol–water partition coefficient (Wildman–Crippen LogP) is 3.83. The van der Waals surface area contributed by atoms with Gasteiger partial charge < -0.3 is 4.74 Å². The number of aryl methyl sites for hydroxylation is 1. The summed E-state index contributed by atoms with van der Waals surface area (Å²) in [7, 11) is 1.45. The van der Waals surface area contributed by atoms with E-state index in [9.17, 15) is 9.59 Å². The van der Waals surface area contributed by atoms with E-state index in [4.69, 9.17) is 4.74 Å². The first-order chi connectivity index (χ1) is 12.6. The maximum absolute atomic E-state index is 12.3. The minimum atomic E-state index is -0.282. The fourth-order valence-electron chi connectivity index (χ4n) is 2.25. The minimum absolute atomic E-state index is 0.0328. The second kappa shape index (κ2) is 11.1. The fourth-order valence-corrected chi connectivity index (χ4v) is 3.91. The number of carbonyl (C=O) groups is 2. The molecule has 8 heteroatoms. The SMILES string of the molecule is CCCCCc1ccc(C(=O)CSc2nnc(NC(=O)COC)s2)cc1. The maximum Gasteiger partial charge on any atom is 0.252 e. The standard InChI is InChI=1S/C18H23N3O3S2/c1-3-4-5-6-13-7-9-14(10-8-13)15(22)12-25-18-21-20-17(26-18)19-16(23)11-24-2/h7-10H,3-6,11-12H2,1-2H3,(H,19,20,23). The van der Waals surface area contributed by atoms with Gasteiger partial charge in [-0.15, -0.1) is 10.2 Å². The lowest BCUT2D eigenvalue weighted by atomic mass is 10.0. The van der Waals surface area contributed by atoms with Crippen LogP contribution in [0.4, 0.5) is 5.13 Å². The summed E-state index contributed by atoms with van der Waals surface area (Å²) in [6, 6.07) is 7.84. The van der Waals surface area contributed by atoms with E-state index in [0.717, 1.165) is 6.42 Å². The number of nitrogens with one attached hydrogen (secondary N) is 1. The van der Waals surface area contributed by atoms with Crippen molar-refractivity contribution >= 4 is 39.9 Å². The molecule has 0 saturated carbocycles. The first kappa shape index (κ1) is 20.5. The van der Waals surface area contributed by atoms with Gasteiger partial charge in [-0.2, -0.15) is 0 Å². The molecular formula is C18H23N3O3S2. The zero-order chi connectivity index (χ0) is 18.8. The summed E-state index contributed by atoms with van der Waals surface area (Å²) in [4.78, 5) is 23.7. The monoisotopic (exact) mass is 393 g/mol. The molecule has 0 saturated heterocycles. The predicted molar refractivity (Wildman–Crippen MR) is 105 cm³/mol. The lowest BCUT2D eigenvalue weighted by Gasteiger charge is -2.03. The van der Waals surface area contributed by atoms with Crippen molar-refractivity contribution in [3.05, 3.63) is 35.4 Å². The van der Waals surface area contributed by atoms with Crippen LogP contribution in [0.3, 0.4) is 0 Å². The number of methoxy groups -OCH3 is 1. The van der Waals surface area contributed by atoms with E-state index in [1.54, 1.807) is 0 Å². The third kappa shape index (κ3) is 6.86. The number of ketones is 1. The third-order valence-electron chi connectivity index (χ3n) is 3.60. The molecule has 1 N–H and O–H groups in total. The van der Waals surface area contributed by atoms with Crippen LogP contribution in [0.2, 0.25) is 0 Å². The van der Waals surface area contributed by atoms with Gasteiger partial charge in [0.15, 0.2) is 10.1 Å². The van der Waals surface area contributed by atoms with Crippen molar-refractivity contribution in [2.24, 2.45) is 0 Å². The van der Waals surface area contributed by atoms with Crippen LogP contribution in [-0.2, 0) is 16.0 Å². The lowest BCUT2D eigenvalue weighted by molar-refractivity contribution is -0.119. The van der Waals surface area contributed by atoms with Gasteiger partial charge in [0.25, 0.3) is 5.91 Å². The van der Waals surface area contributed by atoms with Gasteiger partial charge >= 0.3 is 0 Å². The first-order valence-corrected chi connectivity index (χ1v) is 10.3. The number of benzene rings is 1. The van der Waals surface area contributed by atoms with Crippen molar-refractivity contribution < 1.29 is 14.3 Å². The topological polar surface area (TPSA) is 81.2 Å². The lowest BCUT2D eigenvalue weighted by Crippen LogP contribution is -2.16. The number of nitrogens with zero attached hydrogens (tertiary/aromatic N) is 2. The number of rotatable bonds is 11. The number of aromatic nitrogens is 2. The Morgan fingerprint density at radius 1 is 1.19 bits per heavy atom. The molecule has 0 aliphatic carbocycles. The van der Waals surface area contributed by atoms with Crippen LogP contribution in [0.1, 0.15) is 42.1 Å². The Kier molecular flexibility index (Phi) is 8.73. The van der Waals surface area contributed by atoms with E-state index < -0.39 is 0 Å². The Morgan fingerprint density at radius 3 is 2.65 bits per heavy atom. The molecule has 26 heavy (non-hydrogen) atoms. The van der Waals surface area contributed by atoms with E-state index in [0.29, 0.717) is 15.0 Å². The molecule has 1 amide bonds. The molecule has 1 aromatic carbocycles. The third-order valence-corrected chi connectivity index (χ3v) is 5.57. The van der Waals surface area contributed by atoms with Crippen LogP contribution < -0.4 is 5.32 Å². The summed E-state index contributed by atoms with van der Waals surface area (Å²) in [6.07, 6.45) is 4.67. The number of unbranched alkanes of at least 4 members (excludes halogenated alkanes) is 2. The van der Waals surface area contributed by atoms with Gasteiger partial charge in [-0.25, -0.2) is 0 Å². The van der Waals surface area contributed by atoms with Gasteiger partial charge in [0.05, 0.1) is 5.75 Å². The van der Waals surface area contributed by atoms with Crippen molar-refractivity contribution in [2.45, 2.75) is 36.9 Å². The van der Waals surface area contributed by atoms with Crippen LogP contribution in [-0.4, -0.2) is 41.4 Å². The minimum Gasteiger partial charge on any atom is -0.375 e. The summed E-state index contributed by atoms with van der Waals surface area (Å²) in [5.74, 6) is 0.0566. The van der Waals surface area contributed by atoms with Gasteiger partial charge in [-0.3, -0.25) is 14.9 Å². The van der Waals surface area contributed by atoms with Gasteiger partial charge in [-0.05, 0) is 18.4 Å². The average Bonchev–Trinajstić information content (AvgIpc) is 3.08. The number of hydrogen-bond donors (Lipinski definition) is 1. The zero-order valence-corrected chi connectivity index (χ0v) is 16.6. The molecule has 1 aromatic heterocycles. The van der Waals surface area contributed by atoms with Crippen LogP contribution >= 0.6 is 23.1 Å². The largest absolute Gasteiger partial charge is 0.375 e. The first-order valence-electron chi connectivity index (χ1n) is 8.49. The van der Waals surface area contributed by atoms with Crippen LogP contribution in [0.25, 0.3) is 0 Å². The summed E-state index contributed by atoms with van der Waals surface area (Å²) >= 11 is 2.56. The molecule has 2 rings (SSSR count). The molecule has 0 spiro atoms. The number of carbonyl (C=O) groups excluding carboxylic acids is 2. The highest BCUT2D eigenvalue weighted by atomic mass is 32.2. The van der Waals surface area contributed by atoms with Crippen molar-refractivity contribution in [1.29, 1.82) is 0 Å². The van der Waals surface area contributed by atoms with Gasteiger partial charge in [0, 0.05) is 12.7 Å². The molecule has 0 radical (unpaired) electrons. The molecule has 2 aromatic rings. The van der Waals surface area contributed by atoms with E-state index in [1.807, 2.05) is 24.3 Å². The maximum atomic E-state index is 12.3. The molecule has 0 aliphatic heterocycles. The van der Waals surface area contributed by atoms with Crippen LogP contribution in [0.5, 0.6) is 0 Å². The normalized spacial score (nSPS) is 10.7. The highest BCUT2D eigenvalue weighted by molar-refractivity contribution is 8.01. The van der Waals surface area contributed by atoms with Crippen molar-refractivity contribution in [1.82, 2.24) is 10.2 Å². The number of amides is 1. The Balaban J connectivity index is 1.81. The molecule has 0 bridgehead atoms. The number of thioether (sulfide) groups is 1. The fraction of sp³-hybridized carbons (Fsp3) is 0.444. The average molecular weight is 394 g/mol. The number of Topliss-reactive ketones (excluding diaryl/α,β-unsaturated/α-hetero) is 1. The smallest absolute Gasteiger partial charge is 0.252 e. The molecular weight excluding hydrogens is 370 g/mol. The Morgan fingerprint density at radius 2 is 1.96 bits per heavy atom. The number of anilines is 1. The number of hydrogen-bond acceptors (Lipinski definition) is 7. The van der Waals surface area contributed by atoms with Crippen molar-refractivity contribution in [3.63, 3.8) is 0 Å². The molecule has 0 unspecified atom stereocenters. The van der Waals surface area contributed by atoms with Crippen molar-refractivity contribution in [2.75, 3.05) is 24.8 Å². The molecule has 0 atom stereocenters. The van der Waals surface area contributed by atoms with Gasteiger partial charge in [-0.1, -0.05) is 67.1 Å². The summed E-state index contributed by atoms with van der Waals surface area (Å²) in [5.41, 5.74) is 1.97. The molecule has 0 fully saturated rings. The summed E-state index contributed by atoms with van der Waals surface area (Å²) in [6.45, 7) is 2.16. The second-order valence-electron chi connectivity index (χ2n) is 5.72. The summed E-state index contributed by atoms with van der Waals surface area (Å²) in [5, 5.41) is 10.9. The van der Waals surface area contributed by atoms with E-state index in [-0.39, 0.29) is 24.1 Å². The molecule has 140 valence electrons. The van der Waals surface area contributed by atoms with E-state index >= 15 is 0 Å². The molecule has 0 aliphatic rings. The molecule has 6 nitrogen and oxygen atoms in total. The Bertz CT molecular complexity index is 717. The Hall–Kier alpha value is -1.77. The van der Waals surface area contributed by atoms with E-state index in [2.05, 4.69) is 22.4 Å². The van der Waals surface area contributed by atoms with Gasteiger partial charge in [0.2, 0.25) is 5.13 Å². The van der Waals surface area contributed by atoms with Crippen LogP contribution in [0.15, 0.2) is 28.6 Å². The number of ether oxygens (including phenoxy) is 1. The van der Waals surface area contributed by atoms with Crippen LogP contribution in [0, 0.1) is 0 Å². The van der Waals surface area contributed by atoms with E-state index in [1.165, 1.54) is 55.0 Å². The quantitative estimate of drug-likeness (QED) is 0.270. The van der Waals surface area contributed by atoms with Crippen molar-refractivity contribution in [3.8, 4) is 0 Å². The molecule has 1 heterocycles. The van der Waals surface area contributed by atoms with Gasteiger partial charge in [0.1, 0.15) is 6.61 Å². The Labute approximate surface area is 161 Å². The second-order valence-corrected chi connectivity index (χ2v) is 7.92. The summed E-state index contributed by atoms with van der Waals surface area (Å²) < 4.78 is 5.38. The highest BCUT2D eigenvalue weighted by Gasteiger charge is 2.11. The highest BCUT2D eigenvalue weighted by Crippen LogP contribution is 2.26.